The van der Waals surface area contributed by atoms with E-state index in [9.17, 15) is 40.5 Å². The average Bonchev–Trinajstić information content (AvgIpc) is 3.45. The third-order valence-corrected chi connectivity index (χ3v) is 12.6. The van der Waals surface area contributed by atoms with Gasteiger partial charge in [0.2, 0.25) is 0 Å². The van der Waals surface area contributed by atoms with Crippen LogP contribution in [0.4, 0.5) is 0 Å². The molecule has 5 aliphatic carbocycles. The van der Waals surface area contributed by atoms with Gasteiger partial charge in [0, 0.05) is 29.2 Å². The molecule has 40 heavy (non-hydrogen) atoms. The number of rotatable bonds is 4. The summed E-state index contributed by atoms with van der Waals surface area (Å²) in [7, 11) is 0. The fourth-order valence-corrected chi connectivity index (χ4v) is 10.5. The van der Waals surface area contributed by atoms with Crippen LogP contribution in [-0.4, -0.2) is 103 Å². The van der Waals surface area contributed by atoms with Gasteiger partial charge < -0.3 is 45.2 Å². The van der Waals surface area contributed by atoms with Crippen molar-refractivity contribution in [1.82, 2.24) is 0 Å². The Morgan fingerprint density at radius 3 is 2.45 bits per heavy atom. The molecule has 15 unspecified atom stereocenters. The van der Waals surface area contributed by atoms with Crippen LogP contribution in [0.15, 0.2) is 11.6 Å². The fraction of sp³-hybridized carbons (Fsp3) is 0.900. The van der Waals surface area contributed by atoms with Gasteiger partial charge in [-0.15, -0.1) is 0 Å². The molecule has 0 aromatic carbocycles. The molecule has 0 radical (unpaired) electrons. The van der Waals surface area contributed by atoms with Gasteiger partial charge in [-0.3, -0.25) is 0 Å². The lowest BCUT2D eigenvalue weighted by Crippen LogP contribution is -2.70. The molecule has 10 heteroatoms. The maximum absolute atomic E-state index is 12.4. The highest BCUT2D eigenvalue weighted by Gasteiger charge is 2.72. The Balaban J connectivity index is 1.25. The number of hydrogen-bond donors (Lipinski definition) is 7. The lowest BCUT2D eigenvalue weighted by atomic mass is 9.41. The largest absolute Gasteiger partial charge is 0.458 e. The van der Waals surface area contributed by atoms with E-state index >= 15 is 0 Å². The van der Waals surface area contributed by atoms with Crippen molar-refractivity contribution in [2.45, 2.75) is 114 Å². The van der Waals surface area contributed by atoms with Gasteiger partial charge >= 0.3 is 5.97 Å². The normalized spacial score (nSPS) is 56.1. The van der Waals surface area contributed by atoms with Crippen LogP contribution in [0.5, 0.6) is 0 Å². The molecule has 15 atom stereocenters. The predicted octanol–water partition coefficient (Wildman–Crippen LogP) is 0.0337. The summed E-state index contributed by atoms with van der Waals surface area (Å²) in [5.41, 5.74) is -1.92. The predicted molar refractivity (Wildman–Crippen MR) is 140 cm³/mol. The number of esters is 1. The number of carbonyl (C=O) groups excluding carboxylic acids is 1. The molecule has 1 heterocycles. The third kappa shape index (κ3) is 3.93. The Hall–Kier alpha value is -1.11. The third-order valence-electron chi connectivity index (χ3n) is 12.6. The SMILES string of the molecule is CC1CC(OC2CC(O)C3(CO)C(CCC4C3C(O)CC3(C)C(C5=CC(=O)OC5)CCC43O)C2)C(O)C(O)C1O. The number of hydrogen-bond acceptors (Lipinski definition) is 10. The van der Waals surface area contributed by atoms with Crippen LogP contribution in [0.2, 0.25) is 0 Å². The second-order valence-corrected chi connectivity index (χ2v) is 14.2. The second kappa shape index (κ2) is 9.98. The summed E-state index contributed by atoms with van der Waals surface area (Å²) in [6, 6.07) is 0. The molecule has 6 rings (SSSR count). The Bertz CT molecular complexity index is 1030. The van der Waals surface area contributed by atoms with Crippen LogP contribution >= 0.6 is 0 Å². The molecule has 1 aliphatic heterocycles. The number of aliphatic hydroxyl groups is 7. The van der Waals surface area contributed by atoms with E-state index in [1.807, 2.05) is 6.92 Å². The molecule has 0 saturated heterocycles. The van der Waals surface area contributed by atoms with Crippen molar-refractivity contribution in [3.8, 4) is 0 Å². The number of aliphatic hydroxyl groups excluding tert-OH is 6. The first-order chi connectivity index (χ1) is 18.9. The average molecular weight is 567 g/mol. The van der Waals surface area contributed by atoms with E-state index in [1.54, 1.807) is 6.92 Å². The molecule has 0 aromatic heterocycles. The van der Waals surface area contributed by atoms with Gasteiger partial charge in [0.1, 0.15) is 18.8 Å². The van der Waals surface area contributed by atoms with Gasteiger partial charge in [-0.2, -0.15) is 0 Å². The standard InChI is InChI=1S/C30H46O10/c1-14-7-21(26(36)27(37)25(14)35)40-17-9-16-3-4-19-24(29(16,13-31)22(33)10-17)20(32)11-28(2)18(5-6-30(19,28)38)15-8-23(34)39-12-15/h8,14,16-22,24-27,31-33,35-38H,3-7,9-13H2,1-2H3. The number of carbonyl (C=O) groups is 1. The van der Waals surface area contributed by atoms with E-state index in [4.69, 9.17) is 9.47 Å². The Labute approximate surface area is 235 Å². The molecule has 0 amide bonds. The van der Waals surface area contributed by atoms with E-state index in [1.165, 1.54) is 6.08 Å². The maximum Gasteiger partial charge on any atom is 0.331 e. The topological polar surface area (TPSA) is 177 Å². The zero-order chi connectivity index (χ0) is 28.8. The molecule has 0 spiro atoms. The van der Waals surface area contributed by atoms with Crippen LogP contribution in [-0.2, 0) is 14.3 Å². The van der Waals surface area contributed by atoms with Crippen molar-refractivity contribution in [1.29, 1.82) is 0 Å². The molecule has 5 fully saturated rings. The number of fused-ring (bicyclic) bond motifs is 5. The van der Waals surface area contributed by atoms with Gasteiger partial charge in [0.15, 0.2) is 0 Å². The lowest BCUT2D eigenvalue weighted by Gasteiger charge is -2.66. The van der Waals surface area contributed by atoms with Crippen LogP contribution in [0.3, 0.4) is 0 Å². The van der Waals surface area contributed by atoms with Gasteiger partial charge in [-0.1, -0.05) is 13.8 Å². The zero-order valence-corrected chi connectivity index (χ0v) is 23.4. The van der Waals surface area contributed by atoms with Crippen molar-refractivity contribution >= 4 is 5.97 Å². The molecule has 7 N–H and O–H groups in total. The summed E-state index contributed by atoms with van der Waals surface area (Å²) in [5, 5.41) is 77.8. The molecule has 0 bridgehead atoms. The monoisotopic (exact) mass is 566 g/mol. The molecule has 10 nitrogen and oxygen atoms in total. The molecule has 5 saturated carbocycles. The highest BCUT2D eigenvalue weighted by atomic mass is 16.5. The van der Waals surface area contributed by atoms with E-state index in [0.717, 1.165) is 5.57 Å². The molecule has 0 aromatic rings. The van der Waals surface area contributed by atoms with Crippen LogP contribution in [0.25, 0.3) is 0 Å². The minimum atomic E-state index is -1.30. The maximum atomic E-state index is 12.4. The first kappa shape index (κ1) is 29.0. The van der Waals surface area contributed by atoms with Crippen LogP contribution < -0.4 is 0 Å². The minimum Gasteiger partial charge on any atom is -0.458 e. The summed E-state index contributed by atoms with van der Waals surface area (Å²) < 4.78 is 11.4. The zero-order valence-electron chi connectivity index (χ0n) is 23.4. The molecular weight excluding hydrogens is 520 g/mol. The Morgan fingerprint density at radius 1 is 1.02 bits per heavy atom. The second-order valence-electron chi connectivity index (χ2n) is 14.2. The summed E-state index contributed by atoms with van der Waals surface area (Å²) in [4.78, 5) is 11.8. The smallest absolute Gasteiger partial charge is 0.331 e. The molecular formula is C30H46O10. The van der Waals surface area contributed by atoms with E-state index in [0.29, 0.717) is 44.9 Å². The van der Waals surface area contributed by atoms with Crippen LogP contribution in [0.1, 0.15) is 65.2 Å². The molecule has 6 aliphatic rings. The number of cyclic esters (lactones) is 1. The van der Waals surface area contributed by atoms with E-state index in [2.05, 4.69) is 0 Å². The summed E-state index contributed by atoms with van der Waals surface area (Å²) >= 11 is 0. The quantitative estimate of drug-likeness (QED) is 0.230. The summed E-state index contributed by atoms with van der Waals surface area (Å²) in [6.07, 6.45) is -1.09. The Morgan fingerprint density at radius 2 is 1.77 bits per heavy atom. The van der Waals surface area contributed by atoms with E-state index < -0.39 is 65.1 Å². The van der Waals surface area contributed by atoms with E-state index in [-0.39, 0.29) is 49.3 Å². The first-order valence-corrected chi connectivity index (χ1v) is 15.1. The van der Waals surface area contributed by atoms with Crippen molar-refractivity contribution in [2.24, 2.45) is 40.4 Å². The van der Waals surface area contributed by atoms with Crippen molar-refractivity contribution in [3.05, 3.63) is 11.6 Å². The van der Waals surface area contributed by atoms with Crippen molar-refractivity contribution in [2.75, 3.05) is 13.2 Å². The van der Waals surface area contributed by atoms with Gasteiger partial charge in [0.25, 0.3) is 0 Å². The van der Waals surface area contributed by atoms with Crippen molar-refractivity contribution in [3.63, 3.8) is 0 Å². The first-order valence-electron chi connectivity index (χ1n) is 15.1. The highest BCUT2D eigenvalue weighted by molar-refractivity contribution is 5.85. The number of ether oxygens (including phenoxy) is 2. The van der Waals surface area contributed by atoms with Crippen molar-refractivity contribution < 1.29 is 50.0 Å². The summed E-state index contributed by atoms with van der Waals surface area (Å²) in [6.45, 7) is 3.71. The van der Waals surface area contributed by atoms with Crippen LogP contribution in [0, 0.1) is 40.4 Å². The summed E-state index contributed by atoms with van der Waals surface area (Å²) in [5.74, 6) is -1.70. The highest BCUT2D eigenvalue weighted by Crippen LogP contribution is 2.70. The minimum absolute atomic E-state index is 0.0883. The fourth-order valence-electron chi connectivity index (χ4n) is 10.5. The van der Waals surface area contributed by atoms with Gasteiger partial charge in [0.05, 0.1) is 42.7 Å². The van der Waals surface area contributed by atoms with Gasteiger partial charge in [-0.05, 0) is 74.2 Å². The molecule has 226 valence electrons. The van der Waals surface area contributed by atoms with Gasteiger partial charge in [-0.25, -0.2) is 4.79 Å². The Kier molecular flexibility index (Phi) is 7.23. The lowest BCUT2D eigenvalue weighted by molar-refractivity contribution is -0.280.